The Hall–Kier alpha value is -0.770. The molecule has 3 nitrogen and oxygen atoms in total. The maximum atomic E-state index is 6.03. The first kappa shape index (κ1) is 15.6. The monoisotopic (exact) mass is 296 g/mol. The molecule has 1 aliphatic heterocycles. The van der Waals surface area contributed by atoms with E-state index in [0.717, 1.165) is 35.3 Å². The van der Waals surface area contributed by atoms with Crippen LogP contribution in [0, 0.1) is 5.92 Å². The van der Waals surface area contributed by atoms with Crippen molar-refractivity contribution in [1.29, 1.82) is 0 Å². The minimum atomic E-state index is 0.762. The van der Waals surface area contributed by atoms with Crippen LogP contribution in [-0.2, 0) is 6.54 Å². The zero-order chi connectivity index (χ0) is 14.4. The number of rotatable bonds is 6. The summed E-state index contributed by atoms with van der Waals surface area (Å²) in [5.74, 6) is 1.78. The second-order valence-electron chi connectivity index (χ2n) is 5.67. The summed E-state index contributed by atoms with van der Waals surface area (Å²) in [7, 11) is 3.91. The zero-order valence-corrected chi connectivity index (χ0v) is 13.2. The summed E-state index contributed by atoms with van der Waals surface area (Å²) in [6.07, 6.45) is 3.92. The Morgan fingerprint density at radius 1 is 1.35 bits per heavy atom. The minimum absolute atomic E-state index is 0.762. The molecule has 1 fully saturated rings. The van der Waals surface area contributed by atoms with Gasteiger partial charge >= 0.3 is 0 Å². The van der Waals surface area contributed by atoms with Crippen molar-refractivity contribution >= 4 is 11.6 Å². The van der Waals surface area contributed by atoms with E-state index in [1.807, 2.05) is 18.2 Å². The molecule has 0 bridgehead atoms. The molecule has 112 valence electrons. The molecule has 1 aliphatic rings. The summed E-state index contributed by atoms with van der Waals surface area (Å²) in [5.41, 5.74) is 1.13. The highest BCUT2D eigenvalue weighted by molar-refractivity contribution is 6.30. The number of hydrogen-bond acceptors (Lipinski definition) is 3. The van der Waals surface area contributed by atoms with Crippen LogP contribution in [0.5, 0.6) is 5.75 Å². The zero-order valence-electron chi connectivity index (χ0n) is 12.5. The molecule has 0 amide bonds. The molecule has 0 radical (unpaired) electrons. The molecule has 20 heavy (non-hydrogen) atoms. The molecule has 0 unspecified atom stereocenters. The van der Waals surface area contributed by atoms with Crippen molar-refractivity contribution in [2.24, 2.45) is 5.92 Å². The first-order chi connectivity index (χ1) is 9.69. The lowest BCUT2D eigenvalue weighted by molar-refractivity contribution is 0.211. The molecular formula is C16H25ClN2O. The summed E-state index contributed by atoms with van der Waals surface area (Å²) >= 11 is 6.03. The predicted molar refractivity (Wildman–Crippen MR) is 84.5 cm³/mol. The minimum Gasteiger partial charge on any atom is -0.496 e. The summed E-state index contributed by atoms with van der Waals surface area (Å²) in [5, 5.41) is 4.27. The van der Waals surface area contributed by atoms with Crippen molar-refractivity contribution in [3.05, 3.63) is 28.8 Å². The van der Waals surface area contributed by atoms with E-state index in [1.54, 1.807) is 7.11 Å². The third-order valence-corrected chi connectivity index (χ3v) is 4.36. The number of halogens is 1. The Morgan fingerprint density at radius 2 is 2.10 bits per heavy atom. The molecule has 1 N–H and O–H groups in total. The van der Waals surface area contributed by atoms with E-state index in [1.165, 1.54) is 32.4 Å². The van der Waals surface area contributed by atoms with Crippen molar-refractivity contribution < 1.29 is 4.74 Å². The van der Waals surface area contributed by atoms with Crippen molar-refractivity contribution in [3.63, 3.8) is 0 Å². The van der Waals surface area contributed by atoms with Gasteiger partial charge in [-0.15, -0.1) is 0 Å². The molecule has 0 aliphatic carbocycles. The first-order valence-corrected chi connectivity index (χ1v) is 7.78. The fourth-order valence-corrected chi connectivity index (χ4v) is 2.96. The van der Waals surface area contributed by atoms with Crippen LogP contribution in [0.3, 0.4) is 0 Å². The Labute approximate surface area is 127 Å². The molecule has 2 rings (SSSR count). The highest BCUT2D eigenvalue weighted by Gasteiger charge is 2.15. The topological polar surface area (TPSA) is 24.5 Å². The lowest BCUT2D eigenvalue weighted by atomic mass is 9.94. The average Bonchev–Trinajstić information content (AvgIpc) is 2.46. The van der Waals surface area contributed by atoms with E-state index in [9.17, 15) is 0 Å². The van der Waals surface area contributed by atoms with Crippen molar-refractivity contribution in [1.82, 2.24) is 10.2 Å². The van der Waals surface area contributed by atoms with E-state index in [-0.39, 0.29) is 0 Å². The van der Waals surface area contributed by atoms with Gasteiger partial charge in [0.25, 0.3) is 0 Å². The Kier molecular flexibility index (Phi) is 6.14. The van der Waals surface area contributed by atoms with Crippen LogP contribution in [0.15, 0.2) is 18.2 Å². The van der Waals surface area contributed by atoms with Crippen molar-refractivity contribution in [2.45, 2.75) is 25.8 Å². The molecule has 1 saturated heterocycles. The van der Waals surface area contributed by atoms with Gasteiger partial charge in [-0.3, -0.25) is 0 Å². The second-order valence-corrected chi connectivity index (χ2v) is 6.10. The van der Waals surface area contributed by atoms with Gasteiger partial charge in [-0.2, -0.15) is 0 Å². The molecule has 1 aromatic carbocycles. The van der Waals surface area contributed by atoms with Gasteiger partial charge in [-0.25, -0.2) is 0 Å². The summed E-state index contributed by atoms with van der Waals surface area (Å²) in [6, 6.07) is 5.77. The smallest absolute Gasteiger partial charge is 0.123 e. The fourth-order valence-electron chi connectivity index (χ4n) is 2.77. The number of nitrogens with zero attached hydrogens (tertiary/aromatic N) is 1. The molecule has 0 spiro atoms. The molecule has 0 atom stereocenters. The van der Waals surface area contributed by atoms with Crippen molar-refractivity contribution in [3.8, 4) is 5.75 Å². The highest BCUT2D eigenvalue weighted by Crippen LogP contribution is 2.23. The lowest BCUT2D eigenvalue weighted by Gasteiger charge is -2.28. The maximum Gasteiger partial charge on any atom is 0.123 e. The first-order valence-electron chi connectivity index (χ1n) is 7.40. The second kappa shape index (κ2) is 7.87. The summed E-state index contributed by atoms with van der Waals surface area (Å²) in [6.45, 7) is 4.36. The van der Waals surface area contributed by atoms with Crippen LogP contribution in [0.1, 0.15) is 24.8 Å². The maximum absolute atomic E-state index is 6.03. The fraction of sp³-hybridized carbons (Fsp3) is 0.625. The van der Waals surface area contributed by atoms with E-state index in [4.69, 9.17) is 16.3 Å². The molecule has 0 aromatic heterocycles. The molecule has 1 heterocycles. The number of hydrogen-bond donors (Lipinski definition) is 1. The quantitative estimate of drug-likeness (QED) is 0.816. The SMILES string of the molecule is COc1ccc(Cl)cc1CNCCC1CCN(C)CC1. The van der Waals surface area contributed by atoms with Gasteiger partial charge in [0.05, 0.1) is 7.11 Å². The van der Waals surface area contributed by atoms with Crippen LogP contribution < -0.4 is 10.1 Å². The largest absolute Gasteiger partial charge is 0.496 e. The number of piperidine rings is 1. The van der Waals surface area contributed by atoms with E-state index < -0.39 is 0 Å². The number of likely N-dealkylation sites (tertiary alicyclic amines) is 1. The van der Waals surface area contributed by atoms with Gasteiger partial charge < -0.3 is 15.0 Å². The summed E-state index contributed by atoms with van der Waals surface area (Å²) in [4.78, 5) is 2.42. The molecule has 4 heteroatoms. The predicted octanol–water partition coefficient (Wildman–Crippen LogP) is 3.17. The lowest BCUT2D eigenvalue weighted by Crippen LogP contribution is -2.31. The van der Waals surface area contributed by atoms with Gasteiger partial charge in [-0.1, -0.05) is 11.6 Å². The van der Waals surface area contributed by atoms with Gasteiger partial charge in [0.2, 0.25) is 0 Å². The van der Waals surface area contributed by atoms with Crippen LogP contribution >= 0.6 is 11.6 Å². The Bertz CT molecular complexity index is 417. The van der Waals surface area contributed by atoms with E-state index >= 15 is 0 Å². The standard InChI is InChI=1S/C16H25ClN2O/c1-19-9-6-13(7-10-19)5-8-18-12-14-11-15(17)3-4-16(14)20-2/h3-4,11,13,18H,5-10,12H2,1-2H3. The third kappa shape index (κ3) is 4.65. The van der Waals surface area contributed by atoms with Gasteiger partial charge in [0, 0.05) is 17.1 Å². The normalized spacial score (nSPS) is 17.4. The van der Waals surface area contributed by atoms with E-state index in [2.05, 4.69) is 17.3 Å². The van der Waals surface area contributed by atoms with Crippen LogP contribution in [0.2, 0.25) is 5.02 Å². The van der Waals surface area contributed by atoms with Crippen LogP contribution in [-0.4, -0.2) is 38.7 Å². The number of benzene rings is 1. The molecular weight excluding hydrogens is 272 g/mol. The average molecular weight is 297 g/mol. The number of ether oxygens (including phenoxy) is 1. The van der Waals surface area contributed by atoms with Gasteiger partial charge in [0.1, 0.15) is 5.75 Å². The number of methoxy groups -OCH3 is 1. The summed E-state index contributed by atoms with van der Waals surface area (Å²) < 4.78 is 5.35. The molecule has 0 saturated carbocycles. The highest BCUT2D eigenvalue weighted by atomic mass is 35.5. The molecule has 1 aromatic rings. The Balaban J connectivity index is 1.72. The Morgan fingerprint density at radius 3 is 2.80 bits per heavy atom. The van der Waals surface area contributed by atoms with Crippen LogP contribution in [0.25, 0.3) is 0 Å². The third-order valence-electron chi connectivity index (χ3n) is 4.13. The van der Waals surface area contributed by atoms with Crippen molar-refractivity contribution in [2.75, 3.05) is 33.8 Å². The van der Waals surface area contributed by atoms with E-state index in [0.29, 0.717) is 0 Å². The van der Waals surface area contributed by atoms with Gasteiger partial charge in [-0.05, 0) is 70.1 Å². The van der Waals surface area contributed by atoms with Gasteiger partial charge in [0.15, 0.2) is 0 Å². The number of nitrogens with one attached hydrogen (secondary N) is 1. The van der Waals surface area contributed by atoms with Crippen LogP contribution in [0.4, 0.5) is 0 Å².